The lowest BCUT2D eigenvalue weighted by Gasteiger charge is -2.42. The van der Waals surface area contributed by atoms with E-state index in [4.69, 9.17) is 24.2 Å². The molecule has 14 nitrogen and oxygen atoms in total. The quantitative estimate of drug-likeness (QED) is 0.182. The molecule has 3 rings (SSSR count). The minimum absolute atomic E-state index is 0.0799. The van der Waals surface area contributed by atoms with Crippen LogP contribution in [0.2, 0.25) is 0 Å². The zero-order valence-corrected chi connectivity index (χ0v) is 16.6. The van der Waals surface area contributed by atoms with Gasteiger partial charge in [0.2, 0.25) is 6.29 Å². The van der Waals surface area contributed by atoms with Gasteiger partial charge in [0.05, 0.1) is 18.9 Å². The van der Waals surface area contributed by atoms with Crippen LogP contribution in [-0.2, 0) is 14.2 Å². The third-order valence-electron chi connectivity index (χ3n) is 5.25. The molecule has 0 unspecified atom stereocenters. The Morgan fingerprint density at radius 1 is 0.781 bits per heavy atom. The summed E-state index contributed by atoms with van der Waals surface area (Å²) >= 11 is 0. The number of hydrogen-bond acceptors (Lipinski definition) is 14. The van der Waals surface area contributed by atoms with Crippen LogP contribution in [0, 0.1) is 5.21 Å². The van der Waals surface area contributed by atoms with Gasteiger partial charge in [-0.3, -0.25) is 5.21 Å². The van der Waals surface area contributed by atoms with Gasteiger partial charge in [0.15, 0.2) is 6.29 Å². The fraction of sp³-hybridized carbons (Fsp3) is 0.667. The molecule has 0 aromatic heterocycles. The Morgan fingerprint density at radius 3 is 1.88 bits per heavy atom. The lowest BCUT2D eigenvalue weighted by atomic mass is 9.98. The topological polar surface area (TPSA) is 225 Å². The molecule has 0 aliphatic carbocycles. The third kappa shape index (κ3) is 5.28. The predicted octanol–water partition coefficient (Wildman–Crippen LogP) is -3.62. The summed E-state index contributed by atoms with van der Waals surface area (Å²) in [4.78, 5) is 0. The number of aliphatic hydroxyl groups is 7. The zero-order valence-electron chi connectivity index (χ0n) is 16.6. The van der Waals surface area contributed by atoms with E-state index in [9.17, 15) is 41.0 Å². The van der Waals surface area contributed by atoms with Gasteiger partial charge in [-0.05, 0) is 24.3 Å². The van der Waals surface area contributed by atoms with Crippen LogP contribution in [0.3, 0.4) is 0 Å². The fourth-order valence-corrected chi connectivity index (χ4v) is 3.33. The fourth-order valence-electron chi connectivity index (χ4n) is 3.33. The minimum atomic E-state index is -1.70. The number of anilines is 1. The molecule has 0 spiro atoms. The highest BCUT2D eigenvalue weighted by Gasteiger charge is 2.47. The second-order valence-electron chi connectivity index (χ2n) is 7.43. The Hall–Kier alpha value is -1.66. The van der Waals surface area contributed by atoms with Crippen LogP contribution in [0.1, 0.15) is 0 Å². The van der Waals surface area contributed by atoms with Crippen LogP contribution in [0.5, 0.6) is 5.75 Å². The Morgan fingerprint density at radius 2 is 1.31 bits per heavy atom. The highest BCUT2D eigenvalue weighted by atomic mass is 16.8. The van der Waals surface area contributed by atoms with Gasteiger partial charge in [0.25, 0.3) is 0 Å². The van der Waals surface area contributed by atoms with Crippen molar-refractivity contribution < 1.29 is 59.9 Å². The molecule has 2 saturated heterocycles. The molecule has 0 saturated carbocycles. The number of aliphatic hydroxyl groups excluding tert-OH is 7. The largest absolute Gasteiger partial charge is 0.733 e. The van der Waals surface area contributed by atoms with Crippen LogP contribution < -0.4 is 9.96 Å². The van der Waals surface area contributed by atoms with Gasteiger partial charge < -0.3 is 65.1 Å². The molecule has 2 aliphatic heterocycles. The molecular formula is C18H26NO13-. The first-order valence-electron chi connectivity index (χ1n) is 9.68. The summed E-state index contributed by atoms with van der Waals surface area (Å²) < 4.78 is 21.4. The van der Waals surface area contributed by atoms with E-state index >= 15 is 0 Å². The molecule has 1 aromatic rings. The summed E-state index contributed by atoms with van der Waals surface area (Å²) in [6.07, 6.45) is -15.4. The number of nitrogens with zero attached hydrogens (tertiary/aromatic N) is 1. The summed E-state index contributed by atoms with van der Waals surface area (Å²) in [6, 6.07) is 5.04. The van der Waals surface area contributed by atoms with E-state index in [0.29, 0.717) is 0 Å². The number of benzene rings is 1. The molecule has 1 aromatic carbocycles. The number of ether oxygens (including phenoxy) is 4. The highest BCUT2D eigenvalue weighted by molar-refractivity contribution is 5.47. The summed E-state index contributed by atoms with van der Waals surface area (Å²) in [5.74, 6) is 0.108. The van der Waals surface area contributed by atoms with Crippen LogP contribution in [0.15, 0.2) is 24.3 Å². The Bertz CT molecular complexity index is 719. The molecule has 2 heterocycles. The maximum absolute atomic E-state index is 10.8. The van der Waals surface area contributed by atoms with Crippen molar-refractivity contribution >= 4 is 5.69 Å². The average Bonchev–Trinajstić information content (AvgIpc) is 2.78. The molecule has 2 fully saturated rings. The molecule has 0 bridgehead atoms. The maximum atomic E-state index is 10.8. The number of hydrogen-bond donors (Lipinski definition) is 8. The highest BCUT2D eigenvalue weighted by Crippen LogP contribution is 2.27. The van der Waals surface area contributed by atoms with Crippen molar-refractivity contribution in [3.63, 3.8) is 0 Å². The van der Waals surface area contributed by atoms with Crippen molar-refractivity contribution in [2.24, 2.45) is 0 Å². The van der Waals surface area contributed by atoms with Crippen molar-refractivity contribution in [1.82, 2.24) is 0 Å². The third-order valence-corrected chi connectivity index (χ3v) is 5.25. The second kappa shape index (κ2) is 10.5. The van der Waals surface area contributed by atoms with Crippen LogP contribution in [0.25, 0.3) is 0 Å². The van der Waals surface area contributed by atoms with Crippen molar-refractivity contribution in [1.29, 1.82) is 0 Å². The van der Waals surface area contributed by atoms with Gasteiger partial charge in [-0.1, -0.05) is 0 Å². The molecule has 8 N–H and O–H groups in total. The van der Waals surface area contributed by atoms with E-state index in [1.165, 1.54) is 24.3 Å². The molecule has 0 amide bonds. The van der Waals surface area contributed by atoms with Crippen LogP contribution in [0.4, 0.5) is 5.69 Å². The lowest BCUT2D eigenvalue weighted by molar-refractivity contribution is -0.323. The number of rotatable bonds is 7. The first-order valence-corrected chi connectivity index (χ1v) is 9.68. The summed E-state index contributed by atoms with van der Waals surface area (Å²) in [7, 11) is 0. The van der Waals surface area contributed by atoms with E-state index in [1.54, 1.807) is 0 Å². The summed E-state index contributed by atoms with van der Waals surface area (Å²) in [5.41, 5.74) is -0.0799. The molecule has 10 atom stereocenters. The normalized spacial score (nSPS) is 40.2. The van der Waals surface area contributed by atoms with Gasteiger partial charge in [-0.15, -0.1) is 0 Å². The minimum Gasteiger partial charge on any atom is -0.733 e. The predicted molar refractivity (Wildman–Crippen MR) is 101 cm³/mol. The molecule has 2 aliphatic rings. The standard InChI is InChI=1S/C18H26NO13/c20-5-9-11(21)13(23)15(25)17(31-9)29-6-10-12(22)14(24)16(26)18(32-10)30-8-3-1-7(2-4-8)19(27)28/h1-4,9-18,20-27H,5-6H2/q-1/t9-,10+,11-,12+,13-,14+,15+,16+,17+,18+/m0/s1. The molecule has 32 heavy (non-hydrogen) atoms. The SMILES string of the molecule is [O-]N(O)c1ccc(O[C@@H]2O[C@H](CO[C@@H]3O[C@@H](CO)[C@H](O)[C@H](O)[C@H]3O)[C@@H](O)[C@@H](O)[C@H]2O)cc1. The zero-order chi connectivity index (χ0) is 23.6. The van der Waals surface area contributed by atoms with Crippen molar-refractivity contribution in [2.75, 3.05) is 18.4 Å². The van der Waals surface area contributed by atoms with E-state index in [0.717, 1.165) is 0 Å². The average molecular weight is 464 g/mol. The van der Waals surface area contributed by atoms with Crippen molar-refractivity contribution in [3.8, 4) is 5.75 Å². The van der Waals surface area contributed by atoms with Gasteiger partial charge in [0, 0.05) is 0 Å². The van der Waals surface area contributed by atoms with Crippen LogP contribution in [-0.4, -0.2) is 116 Å². The summed E-state index contributed by atoms with van der Waals surface area (Å²) in [6.45, 7) is -1.16. The van der Waals surface area contributed by atoms with E-state index in [1.807, 2.05) is 0 Å². The Balaban J connectivity index is 1.63. The summed E-state index contributed by atoms with van der Waals surface area (Å²) in [5, 5.41) is 88.7. The lowest BCUT2D eigenvalue weighted by Crippen LogP contribution is -2.62. The molecular weight excluding hydrogens is 438 g/mol. The van der Waals surface area contributed by atoms with Gasteiger partial charge in [0.1, 0.15) is 54.6 Å². The maximum Gasteiger partial charge on any atom is 0.229 e. The van der Waals surface area contributed by atoms with Gasteiger partial charge >= 0.3 is 0 Å². The smallest absolute Gasteiger partial charge is 0.229 e. The van der Waals surface area contributed by atoms with Crippen LogP contribution >= 0.6 is 0 Å². The first-order chi connectivity index (χ1) is 15.1. The van der Waals surface area contributed by atoms with E-state index < -0.39 is 74.6 Å². The van der Waals surface area contributed by atoms with Crippen molar-refractivity contribution in [2.45, 2.75) is 61.4 Å². The molecule has 14 heteroatoms. The van der Waals surface area contributed by atoms with Gasteiger partial charge in [-0.25, -0.2) is 0 Å². The Labute approximate surface area is 181 Å². The second-order valence-corrected chi connectivity index (χ2v) is 7.43. The van der Waals surface area contributed by atoms with E-state index in [-0.39, 0.29) is 16.7 Å². The first kappa shape index (κ1) is 25.0. The monoisotopic (exact) mass is 464 g/mol. The molecule has 182 valence electrons. The van der Waals surface area contributed by atoms with E-state index in [2.05, 4.69) is 0 Å². The van der Waals surface area contributed by atoms with Crippen molar-refractivity contribution in [3.05, 3.63) is 29.5 Å². The van der Waals surface area contributed by atoms with Gasteiger partial charge in [-0.2, -0.15) is 0 Å². The molecule has 0 radical (unpaired) electrons. The Kier molecular flexibility index (Phi) is 8.21.